The highest BCUT2D eigenvalue weighted by atomic mass is 35.5. The van der Waals surface area contributed by atoms with Gasteiger partial charge >= 0.3 is 5.97 Å². The van der Waals surface area contributed by atoms with Crippen molar-refractivity contribution in [1.82, 2.24) is 0 Å². The largest absolute Gasteiger partial charge is 0.460 e. The average Bonchev–Trinajstić information content (AvgIpc) is 2.43. The first-order valence-corrected chi connectivity index (χ1v) is 6.54. The van der Waals surface area contributed by atoms with E-state index in [-0.39, 0.29) is 23.8 Å². The minimum atomic E-state index is -0.378. The number of fused-ring (bicyclic) bond motifs is 1. The van der Waals surface area contributed by atoms with Crippen LogP contribution >= 0.6 is 23.2 Å². The number of benzene rings is 2. The first-order valence-electron chi connectivity index (χ1n) is 5.56. The highest BCUT2D eigenvalue weighted by Gasteiger charge is 2.10. The number of esters is 1. The summed E-state index contributed by atoms with van der Waals surface area (Å²) in [5.74, 6) is -0.122. The second kappa shape index (κ2) is 6.07. The van der Waals surface area contributed by atoms with Crippen molar-refractivity contribution in [3.05, 3.63) is 48.0 Å². The number of rotatable bonds is 4. The molecule has 0 bridgehead atoms. The molecule has 1 atom stereocenters. The van der Waals surface area contributed by atoms with Crippen LogP contribution in [-0.2, 0) is 4.74 Å². The maximum absolute atomic E-state index is 11.8. The first-order chi connectivity index (χ1) is 8.70. The summed E-state index contributed by atoms with van der Waals surface area (Å²) in [6, 6.07) is 13.3. The minimum absolute atomic E-state index is 0.122. The standard InChI is InChI=1S/C14H12Cl2O2/c15-8-13(16)9-18-14(17)12-6-5-10-3-1-2-4-11(10)7-12/h1-7,13H,8-9H2. The molecular weight excluding hydrogens is 271 g/mol. The summed E-state index contributed by atoms with van der Waals surface area (Å²) in [6.07, 6.45) is 0. The Kier molecular flexibility index (Phi) is 4.45. The molecule has 0 fully saturated rings. The third kappa shape index (κ3) is 3.15. The number of hydrogen-bond donors (Lipinski definition) is 0. The van der Waals surface area contributed by atoms with Gasteiger partial charge in [-0.1, -0.05) is 30.3 Å². The molecule has 0 radical (unpaired) electrons. The Bertz CT molecular complexity index is 554. The average molecular weight is 283 g/mol. The van der Waals surface area contributed by atoms with Gasteiger partial charge in [0.1, 0.15) is 6.61 Å². The molecule has 2 aromatic carbocycles. The zero-order chi connectivity index (χ0) is 13.0. The van der Waals surface area contributed by atoms with Crippen molar-refractivity contribution in [3.63, 3.8) is 0 Å². The van der Waals surface area contributed by atoms with E-state index in [2.05, 4.69) is 0 Å². The van der Waals surface area contributed by atoms with E-state index >= 15 is 0 Å². The van der Waals surface area contributed by atoms with E-state index < -0.39 is 0 Å². The quantitative estimate of drug-likeness (QED) is 0.629. The molecule has 2 aromatic rings. The zero-order valence-corrected chi connectivity index (χ0v) is 11.1. The number of carbonyl (C=O) groups excluding carboxylic acids is 1. The van der Waals surface area contributed by atoms with Crippen LogP contribution in [0.25, 0.3) is 10.8 Å². The lowest BCUT2D eigenvalue weighted by Crippen LogP contribution is -2.15. The normalized spacial score (nSPS) is 12.3. The van der Waals surface area contributed by atoms with Gasteiger partial charge in [-0.05, 0) is 22.9 Å². The van der Waals surface area contributed by atoms with Crippen LogP contribution in [0.15, 0.2) is 42.5 Å². The zero-order valence-electron chi connectivity index (χ0n) is 9.61. The Hall–Kier alpha value is -1.25. The molecule has 0 amide bonds. The number of halogens is 2. The topological polar surface area (TPSA) is 26.3 Å². The lowest BCUT2D eigenvalue weighted by Gasteiger charge is -2.08. The molecule has 2 rings (SSSR count). The number of hydrogen-bond acceptors (Lipinski definition) is 2. The molecular formula is C14H12Cl2O2. The van der Waals surface area contributed by atoms with Crippen molar-refractivity contribution in [3.8, 4) is 0 Å². The van der Waals surface area contributed by atoms with Crippen LogP contribution in [0.1, 0.15) is 10.4 Å². The number of alkyl halides is 2. The predicted octanol–water partition coefficient (Wildman–Crippen LogP) is 3.84. The fraction of sp³-hybridized carbons (Fsp3) is 0.214. The maximum Gasteiger partial charge on any atom is 0.338 e. The van der Waals surface area contributed by atoms with Gasteiger partial charge in [0.15, 0.2) is 0 Å². The van der Waals surface area contributed by atoms with Gasteiger partial charge in [-0.2, -0.15) is 0 Å². The summed E-state index contributed by atoms with van der Waals surface area (Å²) in [5, 5.41) is 1.74. The summed E-state index contributed by atoms with van der Waals surface area (Å²) < 4.78 is 5.07. The molecule has 0 spiro atoms. The predicted molar refractivity (Wildman–Crippen MR) is 74.6 cm³/mol. The van der Waals surface area contributed by atoms with Crippen LogP contribution in [0.2, 0.25) is 0 Å². The molecule has 0 aliphatic carbocycles. The van der Waals surface area contributed by atoms with E-state index in [1.807, 2.05) is 36.4 Å². The molecule has 2 nitrogen and oxygen atoms in total. The number of ether oxygens (including phenoxy) is 1. The van der Waals surface area contributed by atoms with Gasteiger partial charge in [-0.15, -0.1) is 23.2 Å². The number of carbonyl (C=O) groups is 1. The van der Waals surface area contributed by atoms with E-state index in [0.29, 0.717) is 5.56 Å². The van der Waals surface area contributed by atoms with Gasteiger partial charge in [0, 0.05) is 5.88 Å². The summed E-state index contributed by atoms with van der Waals surface area (Å²) >= 11 is 11.3. The molecule has 0 N–H and O–H groups in total. The molecule has 18 heavy (non-hydrogen) atoms. The summed E-state index contributed by atoms with van der Waals surface area (Å²) in [4.78, 5) is 11.8. The van der Waals surface area contributed by atoms with Crippen LogP contribution in [0, 0.1) is 0 Å². The van der Waals surface area contributed by atoms with E-state index in [4.69, 9.17) is 27.9 Å². The molecule has 0 heterocycles. The summed E-state index contributed by atoms with van der Waals surface area (Å²) in [5.41, 5.74) is 0.520. The molecule has 94 valence electrons. The molecule has 0 saturated heterocycles. The highest BCUT2D eigenvalue weighted by molar-refractivity contribution is 6.28. The van der Waals surface area contributed by atoms with E-state index in [1.165, 1.54) is 0 Å². The Morgan fingerprint density at radius 3 is 2.61 bits per heavy atom. The molecule has 4 heteroatoms. The van der Waals surface area contributed by atoms with Gasteiger partial charge in [-0.3, -0.25) is 0 Å². The van der Waals surface area contributed by atoms with E-state index in [1.54, 1.807) is 6.07 Å². The van der Waals surface area contributed by atoms with Crippen LogP contribution < -0.4 is 0 Å². The van der Waals surface area contributed by atoms with Crippen LogP contribution in [0.3, 0.4) is 0 Å². The Balaban J connectivity index is 2.13. The van der Waals surface area contributed by atoms with Gasteiger partial charge in [-0.25, -0.2) is 4.79 Å². The SMILES string of the molecule is O=C(OCC(Cl)CCl)c1ccc2ccccc2c1. The summed E-state index contributed by atoms with van der Waals surface area (Å²) in [6.45, 7) is 0.122. The lowest BCUT2D eigenvalue weighted by atomic mass is 10.1. The first kappa shape index (κ1) is 13.2. The second-order valence-corrected chi connectivity index (χ2v) is 4.84. The van der Waals surface area contributed by atoms with Crippen molar-refractivity contribution in [2.75, 3.05) is 12.5 Å². The van der Waals surface area contributed by atoms with Crippen molar-refractivity contribution < 1.29 is 9.53 Å². The van der Waals surface area contributed by atoms with Gasteiger partial charge in [0.25, 0.3) is 0 Å². The molecule has 0 aliphatic heterocycles. The third-order valence-corrected chi connectivity index (χ3v) is 3.36. The molecule has 0 saturated carbocycles. The smallest absolute Gasteiger partial charge is 0.338 e. The Morgan fingerprint density at radius 1 is 1.17 bits per heavy atom. The van der Waals surface area contributed by atoms with Crippen molar-refractivity contribution in [1.29, 1.82) is 0 Å². The van der Waals surface area contributed by atoms with Crippen molar-refractivity contribution >= 4 is 39.9 Å². The molecule has 0 aliphatic rings. The fourth-order valence-electron chi connectivity index (χ4n) is 1.61. The van der Waals surface area contributed by atoms with Crippen molar-refractivity contribution in [2.24, 2.45) is 0 Å². The third-order valence-electron chi connectivity index (χ3n) is 2.55. The van der Waals surface area contributed by atoms with Gasteiger partial charge in [0.2, 0.25) is 0 Å². The summed E-state index contributed by atoms with van der Waals surface area (Å²) in [7, 11) is 0. The lowest BCUT2D eigenvalue weighted by molar-refractivity contribution is 0.0509. The second-order valence-electron chi connectivity index (χ2n) is 3.91. The maximum atomic E-state index is 11.8. The fourth-order valence-corrected chi connectivity index (χ4v) is 1.76. The Labute approximate surface area is 115 Å². The van der Waals surface area contributed by atoms with E-state index in [0.717, 1.165) is 10.8 Å². The minimum Gasteiger partial charge on any atom is -0.460 e. The van der Waals surface area contributed by atoms with Gasteiger partial charge in [0.05, 0.1) is 10.9 Å². The molecule has 0 aromatic heterocycles. The van der Waals surface area contributed by atoms with Crippen LogP contribution in [0.4, 0.5) is 0 Å². The Morgan fingerprint density at radius 2 is 1.89 bits per heavy atom. The highest BCUT2D eigenvalue weighted by Crippen LogP contribution is 2.16. The van der Waals surface area contributed by atoms with Gasteiger partial charge < -0.3 is 4.74 Å². The monoisotopic (exact) mass is 282 g/mol. The van der Waals surface area contributed by atoms with Crippen LogP contribution in [-0.4, -0.2) is 23.8 Å². The van der Waals surface area contributed by atoms with Crippen molar-refractivity contribution in [2.45, 2.75) is 5.38 Å². The van der Waals surface area contributed by atoms with E-state index in [9.17, 15) is 4.79 Å². The molecule has 1 unspecified atom stereocenters. The van der Waals surface area contributed by atoms with Crippen LogP contribution in [0.5, 0.6) is 0 Å².